The zero-order valence-electron chi connectivity index (χ0n) is 12.8. The molecule has 1 atom stereocenters. The van der Waals surface area contributed by atoms with Gasteiger partial charge in [0.15, 0.2) is 0 Å². The van der Waals surface area contributed by atoms with E-state index in [4.69, 9.17) is 4.52 Å². The summed E-state index contributed by atoms with van der Waals surface area (Å²) in [5, 5.41) is 11.0. The summed E-state index contributed by atoms with van der Waals surface area (Å²) in [6.07, 6.45) is 5.33. The van der Waals surface area contributed by atoms with Crippen LogP contribution >= 0.6 is 0 Å². The summed E-state index contributed by atoms with van der Waals surface area (Å²) in [6.45, 7) is 7.02. The van der Waals surface area contributed by atoms with Crippen LogP contribution in [-0.2, 0) is 17.8 Å². The molecule has 2 heterocycles. The summed E-state index contributed by atoms with van der Waals surface area (Å²) in [5.74, 6) is 0.833. The van der Waals surface area contributed by atoms with Crippen LogP contribution in [0.25, 0.3) is 0 Å². The van der Waals surface area contributed by atoms with Crippen LogP contribution < -0.4 is 5.32 Å². The molecule has 1 N–H and O–H groups in total. The first kappa shape index (κ1) is 15.3. The standard InChI is InChI=1S/C15H22N4O2/c1-11(10-19-9-5-8-17-19)15(20)16-7-4-6-14-12(2)18-21-13(14)3/h5,8-9,11H,4,6-7,10H2,1-3H3,(H,16,20). The number of amides is 1. The first-order valence-corrected chi connectivity index (χ1v) is 7.25. The van der Waals surface area contributed by atoms with E-state index in [2.05, 4.69) is 15.6 Å². The van der Waals surface area contributed by atoms with Gasteiger partial charge in [0.05, 0.1) is 18.2 Å². The molecule has 0 aliphatic carbocycles. The van der Waals surface area contributed by atoms with E-state index in [0.717, 1.165) is 29.9 Å². The third-order valence-corrected chi connectivity index (χ3v) is 3.55. The van der Waals surface area contributed by atoms with Crippen molar-refractivity contribution < 1.29 is 9.32 Å². The number of nitrogens with one attached hydrogen (secondary N) is 1. The number of carbonyl (C=O) groups is 1. The molecule has 6 heteroatoms. The Morgan fingerprint density at radius 3 is 2.90 bits per heavy atom. The average Bonchev–Trinajstić information content (AvgIpc) is 3.07. The first-order valence-electron chi connectivity index (χ1n) is 7.25. The summed E-state index contributed by atoms with van der Waals surface area (Å²) in [5.41, 5.74) is 2.08. The van der Waals surface area contributed by atoms with Crippen molar-refractivity contribution in [1.29, 1.82) is 0 Å². The summed E-state index contributed by atoms with van der Waals surface area (Å²) < 4.78 is 6.90. The minimum Gasteiger partial charge on any atom is -0.361 e. The van der Waals surface area contributed by atoms with Crippen molar-refractivity contribution >= 4 is 5.91 Å². The molecule has 6 nitrogen and oxygen atoms in total. The Hall–Kier alpha value is -2.11. The largest absolute Gasteiger partial charge is 0.361 e. The van der Waals surface area contributed by atoms with Crippen LogP contribution in [0.1, 0.15) is 30.4 Å². The predicted molar refractivity (Wildman–Crippen MR) is 78.7 cm³/mol. The Balaban J connectivity index is 1.69. The van der Waals surface area contributed by atoms with Crippen LogP contribution in [0, 0.1) is 19.8 Å². The van der Waals surface area contributed by atoms with Crippen molar-refractivity contribution in [3.8, 4) is 0 Å². The number of rotatable bonds is 7. The normalized spacial score (nSPS) is 12.3. The Bertz CT molecular complexity index is 555. The fraction of sp³-hybridized carbons (Fsp3) is 0.533. The molecule has 0 fully saturated rings. The van der Waals surface area contributed by atoms with Crippen molar-refractivity contribution in [3.63, 3.8) is 0 Å². The van der Waals surface area contributed by atoms with E-state index in [1.54, 1.807) is 10.9 Å². The van der Waals surface area contributed by atoms with E-state index in [0.29, 0.717) is 13.1 Å². The smallest absolute Gasteiger partial charge is 0.224 e. The first-order chi connectivity index (χ1) is 10.1. The van der Waals surface area contributed by atoms with Gasteiger partial charge >= 0.3 is 0 Å². The number of carbonyl (C=O) groups excluding carboxylic acids is 1. The highest BCUT2D eigenvalue weighted by Gasteiger charge is 2.13. The molecule has 0 aromatic carbocycles. The number of aryl methyl sites for hydroxylation is 2. The van der Waals surface area contributed by atoms with E-state index in [9.17, 15) is 4.79 Å². The molecule has 0 saturated heterocycles. The van der Waals surface area contributed by atoms with Gasteiger partial charge in [-0.2, -0.15) is 5.10 Å². The Kier molecular flexibility index (Phi) is 5.14. The molecule has 2 aromatic rings. The van der Waals surface area contributed by atoms with Crippen molar-refractivity contribution in [2.24, 2.45) is 5.92 Å². The lowest BCUT2D eigenvalue weighted by atomic mass is 10.1. The van der Waals surface area contributed by atoms with E-state index >= 15 is 0 Å². The molecule has 0 bridgehead atoms. The van der Waals surface area contributed by atoms with Crippen LogP contribution in [0.2, 0.25) is 0 Å². The molecule has 21 heavy (non-hydrogen) atoms. The zero-order valence-corrected chi connectivity index (χ0v) is 12.8. The molecule has 0 aliphatic rings. The van der Waals surface area contributed by atoms with Crippen LogP contribution in [0.15, 0.2) is 23.0 Å². The van der Waals surface area contributed by atoms with Crippen LogP contribution in [0.5, 0.6) is 0 Å². The maximum absolute atomic E-state index is 12.0. The van der Waals surface area contributed by atoms with E-state index in [1.807, 2.05) is 33.0 Å². The molecular weight excluding hydrogens is 268 g/mol. The summed E-state index contributed by atoms with van der Waals surface area (Å²) in [6, 6.07) is 1.86. The van der Waals surface area contributed by atoms with Gasteiger partial charge in [-0.25, -0.2) is 0 Å². The van der Waals surface area contributed by atoms with Crippen LogP contribution in [0.4, 0.5) is 0 Å². The highest BCUT2D eigenvalue weighted by atomic mass is 16.5. The van der Waals surface area contributed by atoms with Gasteiger partial charge in [0.1, 0.15) is 5.76 Å². The van der Waals surface area contributed by atoms with Crippen LogP contribution in [-0.4, -0.2) is 27.4 Å². The van der Waals surface area contributed by atoms with Gasteiger partial charge < -0.3 is 9.84 Å². The minimum absolute atomic E-state index is 0.0595. The number of aromatic nitrogens is 3. The minimum atomic E-state index is -0.0936. The molecule has 2 aromatic heterocycles. The Morgan fingerprint density at radius 1 is 1.48 bits per heavy atom. The molecule has 0 aliphatic heterocycles. The van der Waals surface area contributed by atoms with E-state index < -0.39 is 0 Å². The van der Waals surface area contributed by atoms with Gasteiger partial charge in [0, 0.05) is 24.5 Å². The SMILES string of the molecule is Cc1noc(C)c1CCCNC(=O)C(C)Cn1cccn1. The van der Waals surface area contributed by atoms with Crippen molar-refractivity contribution in [2.45, 2.75) is 40.2 Å². The second-order valence-corrected chi connectivity index (χ2v) is 5.33. The van der Waals surface area contributed by atoms with Gasteiger partial charge in [0.2, 0.25) is 5.91 Å². The van der Waals surface area contributed by atoms with Gasteiger partial charge in [-0.1, -0.05) is 12.1 Å². The quantitative estimate of drug-likeness (QED) is 0.790. The van der Waals surface area contributed by atoms with Crippen LogP contribution in [0.3, 0.4) is 0 Å². The second-order valence-electron chi connectivity index (χ2n) is 5.33. The lowest BCUT2D eigenvalue weighted by molar-refractivity contribution is -0.124. The van der Waals surface area contributed by atoms with Gasteiger partial charge in [-0.15, -0.1) is 0 Å². The molecular formula is C15H22N4O2. The Labute approximate surface area is 124 Å². The van der Waals surface area contributed by atoms with Crippen molar-refractivity contribution in [2.75, 3.05) is 6.54 Å². The van der Waals surface area contributed by atoms with Gasteiger partial charge in [-0.05, 0) is 32.8 Å². The van der Waals surface area contributed by atoms with E-state index in [1.165, 1.54) is 0 Å². The van der Waals surface area contributed by atoms with Crippen molar-refractivity contribution in [1.82, 2.24) is 20.3 Å². The Morgan fingerprint density at radius 2 is 2.29 bits per heavy atom. The predicted octanol–water partition coefficient (Wildman–Crippen LogP) is 1.87. The molecule has 0 saturated carbocycles. The third kappa shape index (κ3) is 4.18. The fourth-order valence-corrected chi connectivity index (χ4v) is 2.28. The molecule has 1 unspecified atom stereocenters. The van der Waals surface area contributed by atoms with E-state index in [-0.39, 0.29) is 11.8 Å². The summed E-state index contributed by atoms with van der Waals surface area (Å²) in [4.78, 5) is 12.0. The molecule has 114 valence electrons. The van der Waals surface area contributed by atoms with Crippen molar-refractivity contribution in [3.05, 3.63) is 35.5 Å². The number of nitrogens with zero attached hydrogens (tertiary/aromatic N) is 3. The lowest BCUT2D eigenvalue weighted by Gasteiger charge is -2.12. The molecule has 0 radical (unpaired) electrons. The third-order valence-electron chi connectivity index (χ3n) is 3.55. The fourth-order valence-electron chi connectivity index (χ4n) is 2.28. The second kappa shape index (κ2) is 7.06. The van der Waals surface area contributed by atoms with Gasteiger partial charge in [0.25, 0.3) is 0 Å². The summed E-state index contributed by atoms with van der Waals surface area (Å²) in [7, 11) is 0. The molecule has 1 amide bonds. The zero-order chi connectivity index (χ0) is 15.2. The van der Waals surface area contributed by atoms with Gasteiger partial charge in [-0.3, -0.25) is 9.48 Å². The summed E-state index contributed by atoms with van der Waals surface area (Å²) >= 11 is 0. The monoisotopic (exact) mass is 290 g/mol. The lowest BCUT2D eigenvalue weighted by Crippen LogP contribution is -2.32. The maximum Gasteiger partial charge on any atom is 0.224 e. The highest BCUT2D eigenvalue weighted by molar-refractivity contribution is 5.78. The molecule has 2 rings (SSSR count). The maximum atomic E-state index is 12.0. The topological polar surface area (TPSA) is 73.0 Å². The number of hydrogen-bond donors (Lipinski definition) is 1. The average molecular weight is 290 g/mol. The highest BCUT2D eigenvalue weighted by Crippen LogP contribution is 2.13. The molecule has 0 spiro atoms. The number of hydrogen-bond acceptors (Lipinski definition) is 4.